The van der Waals surface area contributed by atoms with Crippen LogP contribution in [0.25, 0.3) is 0 Å². The lowest BCUT2D eigenvalue weighted by molar-refractivity contribution is 0.0692. The lowest BCUT2D eigenvalue weighted by atomic mass is 10.2. The molecule has 0 unspecified atom stereocenters. The van der Waals surface area contributed by atoms with Crippen molar-refractivity contribution in [2.24, 2.45) is 0 Å². The Morgan fingerprint density at radius 3 is 2.79 bits per heavy atom. The van der Waals surface area contributed by atoms with Crippen molar-refractivity contribution < 1.29 is 19.2 Å². The highest BCUT2D eigenvalue weighted by Gasteiger charge is 2.16. The largest absolute Gasteiger partial charge is 0.486 e. The number of ether oxygens (including phenoxy) is 1. The van der Waals surface area contributed by atoms with Crippen LogP contribution in [-0.2, 0) is 6.61 Å². The summed E-state index contributed by atoms with van der Waals surface area (Å²) in [5.41, 5.74) is 1.52. The molecule has 0 saturated heterocycles. The van der Waals surface area contributed by atoms with Gasteiger partial charge < -0.3 is 14.4 Å². The maximum atomic E-state index is 11.1. The number of aromatic carboxylic acids is 1. The molecule has 1 N–H and O–H groups in total. The lowest BCUT2D eigenvalue weighted by Gasteiger charge is -2.10. The van der Waals surface area contributed by atoms with Crippen molar-refractivity contribution in [1.29, 1.82) is 0 Å². The molecule has 1 aromatic carbocycles. The molecule has 2 rings (SSSR count). The van der Waals surface area contributed by atoms with Gasteiger partial charge in [0.15, 0.2) is 5.75 Å². The molecule has 0 aliphatic carbocycles. The van der Waals surface area contributed by atoms with Gasteiger partial charge in [-0.15, -0.1) is 0 Å². The predicted molar refractivity (Wildman–Crippen MR) is 68.7 cm³/mol. The number of carbonyl (C=O) groups is 1. The van der Waals surface area contributed by atoms with Crippen LogP contribution >= 0.6 is 11.6 Å². The Hall–Kier alpha value is -2.01. The van der Waals surface area contributed by atoms with Gasteiger partial charge in [-0.2, -0.15) is 0 Å². The predicted octanol–water partition coefficient (Wildman–Crippen LogP) is 3.22. The normalized spacial score (nSPS) is 10.5. The van der Waals surface area contributed by atoms with Crippen molar-refractivity contribution in [3.8, 4) is 5.75 Å². The van der Waals surface area contributed by atoms with E-state index < -0.39 is 5.97 Å². The maximum Gasteiger partial charge on any atom is 0.339 e. The number of hydrogen-bond donors (Lipinski definition) is 1. The number of nitrogens with zero attached hydrogens (tertiary/aromatic N) is 1. The first-order valence-corrected chi connectivity index (χ1v) is 5.95. The molecule has 5 nitrogen and oxygen atoms in total. The van der Waals surface area contributed by atoms with E-state index in [2.05, 4.69) is 5.16 Å². The van der Waals surface area contributed by atoms with Gasteiger partial charge in [0.1, 0.15) is 17.9 Å². The molecule has 0 amide bonds. The van der Waals surface area contributed by atoms with Crippen molar-refractivity contribution in [3.05, 3.63) is 45.8 Å². The summed E-state index contributed by atoms with van der Waals surface area (Å²) in [5, 5.41) is 13.1. The van der Waals surface area contributed by atoms with Gasteiger partial charge in [-0.25, -0.2) is 4.79 Å². The molecular formula is C13H12ClNO4. The topological polar surface area (TPSA) is 72.6 Å². The van der Waals surface area contributed by atoms with Gasteiger partial charge in [-0.1, -0.05) is 22.8 Å². The number of aromatic nitrogens is 1. The zero-order valence-corrected chi connectivity index (χ0v) is 11.2. The fourth-order valence-corrected chi connectivity index (χ4v) is 1.91. The van der Waals surface area contributed by atoms with Crippen LogP contribution in [0.1, 0.15) is 27.4 Å². The zero-order chi connectivity index (χ0) is 14.0. The van der Waals surface area contributed by atoms with Gasteiger partial charge in [0.2, 0.25) is 0 Å². The molecule has 0 spiro atoms. The van der Waals surface area contributed by atoms with Crippen molar-refractivity contribution in [1.82, 2.24) is 5.16 Å². The monoisotopic (exact) mass is 281 g/mol. The Kier molecular flexibility index (Phi) is 3.76. The number of benzene rings is 1. The van der Waals surface area contributed by atoms with Gasteiger partial charge in [0, 0.05) is 0 Å². The minimum absolute atomic E-state index is 0.0271. The Morgan fingerprint density at radius 1 is 1.47 bits per heavy atom. The third-order valence-electron chi connectivity index (χ3n) is 2.74. The van der Waals surface area contributed by atoms with E-state index in [1.807, 2.05) is 0 Å². The van der Waals surface area contributed by atoms with E-state index in [0.29, 0.717) is 11.5 Å². The quantitative estimate of drug-likeness (QED) is 0.931. The van der Waals surface area contributed by atoms with E-state index in [4.69, 9.17) is 26.0 Å². The van der Waals surface area contributed by atoms with Crippen LogP contribution < -0.4 is 4.74 Å². The Morgan fingerprint density at radius 2 is 2.21 bits per heavy atom. The molecule has 100 valence electrons. The summed E-state index contributed by atoms with van der Waals surface area (Å²) < 4.78 is 10.5. The van der Waals surface area contributed by atoms with E-state index in [1.54, 1.807) is 26.0 Å². The molecule has 1 heterocycles. The highest BCUT2D eigenvalue weighted by atomic mass is 35.5. The van der Waals surface area contributed by atoms with Gasteiger partial charge in [-0.05, 0) is 26.0 Å². The number of hydrogen-bond acceptors (Lipinski definition) is 4. The van der Waals surface area contributed by atoms with E-state index in [-0.39, 0.29) is 22.9 Å². The van der Waals surface area contributed by atoms with Crippen molar-refractivity contribution >= 4 is 17.6 Å². The van der Waals surface area contributed by atoms with Gasteiger partial charge >= 0.3 is 5.97 Å². The summed E-state index contributed by atoms with van der Waals surface area (Å²) >= 11 is 5.97. The van der Waals surface area contributed by atoms with Crippen LogP contribution in [0, 0.1) is 13.8 Å². The number of carboxylic acids is 1. The third-order valence-corrected chi connectivity index (χ3v) is 3.04. The molecular weight excluding hydrogens is 270 g/mol. The molecule has 6 heteroatoms. The molecule has 0 atom stereocenters. The number of carboxylic acid groups (broad SMARTS) is 1. The minimum Gasteiger partial charge on any atom is -0.486 e. The summed E-state index contributed by atoms with van der Waals surface area (Å²) in [6, 6.07) is 4.59. The molecule has 0 bridgehead atoms. The molecule has 0 radical (unpaired) electrons. The molecule has 2 aromatic rings. The Balaban J connectivity index is 2.27. The van der Waals surface area contributed by atoms with Crippen LogP contribution in [0.15, 0.2) is 22.7 Å². The van der Waals surface area contributed by atoms with Crippen LogP contribution in [0.4, 0.5) is 0 Å². The van der Waals surface area contributed by atoms with Crippen molar-refractivity contribution in [3.63, 3.8) is 0 Å². The minimum atomic E-state index is -1.09. The first kappa shape index (κ1) is 13.4. The molecule has 1 aromatic heterocycles. The highest BCUT2D eigenvalue weighted by Crippen LogP contribution is 2.30. The Labute approximate surface area is 114 Å². The third kappa shape index (κ3) is 2.71. The summed E-state index contributed by atoms with van der Waals surface area (Å²) in [6.45, 7) is 3.72. The first-order chi connectivity index (χ1) is 9.00. The van der Waals surface area contributed by atoms with Gasteiger partial charge in [0.05, 0.1) is 16.3 Å². The molecule has 0 fully saturated rings. The maximum absolute atomic E-state index is 11.1. The van der Waals surface area contributed by atoms with Crippen LogP contribution in [0.3, 0.4) is 0 Å². The summed E-state index contributed by atoms with van der Waals surface area (Å²) in [4.78, 5) is 11.1. The van der Waals surface area contributed by atoms with E-state index in [1.165, 1.54) is 6.07 Å². The average Bonchev–Trinajstić information content (AvgIpc) is 2.67. The standard InChI is InChI=1S/C13H12ClNO4/c1-7-10(8(2)19-15-7)6-18-12-9(13(16)17)4-3-5-11(12)14/h3-5H,6H2,1-2H3,(H,16,17). The number of rotatable bonds is 4. The smallest absolute Gasteiger partial charge is 0.339 e. The molecule has 0 saturated carbocycles. The van der Waals surface area contributed by atoms with E-state index in [0.717, 1.165) is 5.56 Å². The highest BCUT2D eigenvalue weighted by molar-refractivity contribution is 6.32. The van der Waals surface area contributed by atoms with Gasteiger partial charge in [0.25, 0.3) is 0 Å². The van der Waals surface area contributed by atoms with Crippen molar-refractivity contribution in [2.45, 2.75) is 20.5 Å². The molecule has 19 heavy (non-hydrogen) atoms. The number of para-hydroxylation sites is 1. The SMILES string of the molecule is Cc1noc(C)c1COc1c(Cl)cccc1C(=O)O. The second kappa shape index (κ2) is 5.32. The van der Waals surface area contributed by atoms with Crippen molar-refractivity contribution in [2.75, 3.05) is 0 Å². The number of aryl methyl sites for hydroxylation is 2. The first-order valence-electron chi connectivity index (χ1n) is 5.57. The molecule has 0 aliphatic rings. The summed E-state index contributed by atoms with van der Waals surface area (Å²) in [6.07, 6.45) is 0. The fourth-order valence-electron chi connectivity index (χ4n) is 1.68. The van der Waals surface area contributed by atoms with E-state index >= 15 is 0 Å². The fraction of sp³-hybridized carbons (Fsp3) is 0.231. The van der Waals surface area contributed by atoms with E-state index in [9.17, 15) is 4.79 Å². The zero-order valence-electron chi connectivity index (χ0n) is 10.4. The number of halogens is 1. The Bertz CT molecular complexity index is 602. The second-order valence-electron chi connectivity index (χ2n) is 4.01. The average molecular weight is 282 g/mol. The van der Waals surface area contributed by atoms with Gasteiger partial charge in [-0.3, -0.25) is 0 Å². The molecule has 0 aliphatic heterocycles. The van der Waals surface area contributed by atoms with Crippen LogP contribution in [0.5, 0.6) is 5.75 Å². The summed E-state index contributed by atoms with van der Waals surface area (Å²) in [7, 11) is 0. The van der Waals surface area contributed by atoms with Crippen LogP contribution in [0.2, 0.25) is 5.02 Å². The summed E-state index contributed by atoms with van der Waals surface area (Å²) in [5.74, 6) is -0.297. The second-order valence-corrected chi connectivity index (χ2v) is 4.42. The lowest BCUT2D eigenvalue weighted by Crippen LogP contribution is -2.04. The van der Waals surface area contributed by atoms with Crippen LogP contribution in [-0.4, -0.2) is 16.2 Å².